The number of carbonyl (C=O) groups excluding carboxylic acids is 1. The summed E-state index contributed by atoms with van der Waals surface area (Å²) in [5.41, 5.74) is 0.722. The van der Waals surface area contributed by atoms with Gasteiger partial charge in [-0.05, 0) is 24.0 Å². The minimum Gasteiger partial charge on any atom is -0.332 e. The number of hydrogen-bond acceptors (Lipinski definition) is 3. The van der Waals surface area contributed by atoms with Crippen LogP contribution in [0.1, 0.15) is 42.9 Å². The van der Waals surface area contributed by atoms with Gasteiger partial charge in [-0.2, -0.15) is 0 Å². The molecule has 1 atom stereocenters. The van der Waals surface area contributed by atoms with E-state index in [9.17, 15) is 13.6 Å². The molecule has 0 spiro atoms. The summed E-state index contributed by atoms with van der Waals surface area (Å²) in [6.45, 7) is 5.73. The topological polar surface area (TPSA) is 22.0 Å². The number of thioether (sulfide) groups is 2. The van der Waals surface area contributed by atoms with Crippen molar-refractivity contribution >= 4 is 29.3 Å². The molecule has 130 valence electrons. The van der Waals surface area contributed by atoms with Crippen molar-refractivity contribution in [2.75, 3.05) is 11.5 Å². The Kier molecular flexibility index (Phi) is 6.92. The molecule has 0 saturated heterocycles. The van der Waals surface area contributed by atoms with Gasteiger partial charge >= 0.3 is 0 Å². The second kappa shape index (κ2) is 8.72. The standard InChI is InChI=1S/C18H21F2NOS2/c1-4-23-18(24-5-2)17(22)16-15(20)14(19)11-21(16)12(3)13-9-7-6-8-10-13/h6-12,18H,4-5H2,1-3H3/t12-/m1/s1. The molecule has 1 heterocycles. The molecular formula is C18H21F2NOS2. The second-order valence-corrected chi connectivity index (χ2v) is 8.30. The zero-order valence-corrected chi connectivity index (χ0v) is 15.6. The van der Waals surface area contributed by atoms with E-state index in [2.05, 4.69) is 0 Å². The maximum absolute atomic E-state index is 14.4. The average molecular weight is 370 g/mol. The zero-order chi connectivity index (χ0) is 17.7. The first-order chi connectivity index (χ1) is 11.5. The van der Waals surface area contributed by atoms with Crippen LogP contribution in [0.3, 0.4) is 0 Å². The fraction of sp³-hybridized carbons (Fsp3) is 0.389. The lowest BCUT2D eigenvalue weighted by molar-refractivity contribution is 0.0996. The predicted octanol–water partition coefficient (Wildman–Crippen LogP) is 5.39. The van der Waals surface area contributed by atoms with Crippen LogP contribution in [0, 0.1) is 11.6 Å². The van der Waals surface area contributed by atoms with Crippen LogP contribution in [0.25, 0.3) is 0 Å². The first kappa shape index (κ1) is 19.1. The summed E-state index contributed by atoms with van der Waals surface area (Å²) in [5, 5.41) is 0. The Morgan fingerprint density at radius 1 is 1.12 bits per heavy atom. The molecule has 1 aromatic carbocycles. The van der Waals surface area contributed by atoms with Crippen molar-refractivity contribution in [3.05, 3.63) is 59.4 Å². The smallest absolute Gasteiger partial charge is 0.205 e. The molecule has 0 fully saturated rings. The van der Waals surface area contributed by atoms with Crippen LogP contribution in [0.5, 0.6) is 0 Å². The van der Waals surface area contributed by atoms with Crippen LogP contribution in [-0.4, -0.2) is 26.4 Å². The molecule has 0 radical (unpaired) electrons. The summed E-state index contributed by atoms with van der Waals surface area (Å²) in [7, 11) is 0. The van der Waals surface area contributed by atoms with Crippen LogP contribution in [0.15, 0.2) is 36.5 Å². The number of rotatable bonds is 8. The maximum atomic E-state index is 14.4. The van der Waals surface area contributed by atoms with Crippen molar-refractivity contribution in [2.45, 2.75) is 31.4 Å². The molecule has 0 amide bonds. The Hall–Kier alpha value is -1.27. The molecule has 0 aliphatic rings. The van der Waals surface area contributed by atoms with E-state index in [0.29, 0.717) is 0 Å². The second-order valence-electron chi connectivity index (χ2n) is 5.24. The number of halogens is 2. The van der Waals surface area contributed by atoms with Crippen LogP contribution in [0.2, 0.25) is 0 Å². The summed E-state index contributed by atoms with van der Waals surface area (Å²) in [4.78, 5) is 12.8. The van der Waals surface area contributed by atoms with E-state index in [1.807, 2.05) is 51.1 Å². The number of nitrogens with zero attached hydrogens (tertiary/aromatic N) is 1. The number of aromatic nitrogens is 1. The molecule has 1 aromatic heterocycles. The number of Topliss-reactive ketones (excluding diaryl/α,β-unsaturated/α-hetero) is 1. The van der Waals surface area contributed by atoms with Crippen LogP contribution in [0.4, 0.5) is 8.78 Å². The Bertz CT molecular complexity index is 682. The fourth-order valence-electron chi connectivity index (χ4n) is 2.52. The minimum atomic E-state index is -1.05. The van der Waals surface area contributed by atoms with E-state index in [-0.39, 0.29) is 17.5 Å². The summed E-state index contributed by atoms with van der Waals surface area (Å²) in [5.74, 6) is -0.924. The normalized spacial score (nSPS) is 12.6. The van der Waals surface area contributed by atoms with E-state index in [4.69, 9.17) is 0 Å². The quantitative estimate of drug-likeness (QED) is 0.460. The molecular weight excluding hydrogens is 348 g/mol. The van der Waals surface area contributed by atoms with E-state index in [1.165, 1.54) is 28.1 Å². The Morgan fingerprint density at radius 3 is 2.25 bits per heavy atom. The molecule has 0 N–H and O–H groups in total. The molecule has 0 aliphatic carbocycles. The summed E-state index contributed by atoms with van der Waals surface area (Å²) in [6, 6.07) is 9.05. The number of ketones is 1. The Labute approximate surface area is 150 Å². The zero-order valence-electron chi connectivity index (χ0n) is 14.0. The number of carbonyl (C=O) groups is 1. The van der Waals surface area contributed by atoms with Crippen molar-refractivity contribution in [1.82, 2.24) is 4.57 Å². The first-order valence-corrected chi connectivity index (χ1v) is 9.99. The van der Waals surface area contributed by atoms with Crippen molar-refractivity contribution in [2.24, 2.45) is 0 Å². The van der Waals surface area contributed by atoms with E-state index < -0.39 is 16.2 Å². The highest BCUT2D eigenvalue weighted by atomic mass is 32.2. The van der Waals surface area contributed by atoms with Crippen molar-refractivity contribution in [3.63, 3.8) is 0 Å². The fourth-order valence-corrected chi connectivity index (χ4v) is 4.85. The summed E-state index contributed by atoms with van der Waals surface area (Å²) >= 11 is 2.90. The highest BCUT2D eigenvalue weighted by Crippen LogP contribution is 2.31. The predicted molar refractivity (Wildman–Crippen MR) is 99.0 cm³/mol. The van der Waals surface area contributed by atoms with Crippen LogP contribution < -0.4 is 0 Å². The third kappa shape index (κ3) is 4.03. The van der Waals surface area contributed by atoms with Gasteiger partial charge in [0, 0.05) is 6.20 Å². The third-order valence-electron chi connectivity index (χ3n) is 3.71. The number of benzene rings is 1. The third-order valence-corrected chi connectivity index (χ3v) is 6.23. The van der Waals surface area contributed by atoms with E-state index >= 15 is 0 Å². The number of hydrogen-bond donors (Lipinski definition) is 0. The van der Waals surface area contributed by atoms with E-state index in [1.54, 1.807) is 0 Å². The molecule has 0 bridgehead atoms. The first-order valence-electron chi connectivity index (χ1n) is 7.89. The lowest BCUT2D eigenvalue weighted by Crippen LogP contribution is -2.22. The average Bonchev–Trinajstić information content (AvgIpc) is 2.89. The summed E-state index contributed by atoms with van der Waals surface area (Å²) < 4.78 is 29.3. The maximum Gasteiger partial charge on any atom is 0.205 e. The van der Waals surface area contributed by atoms with Gasteiger partial charge in [0.2, 0.25) is 5.78 Å². The van der Waals surface area contributed by atoms with Gasteiger partial charge in [-0.3, -0.25) is 4.79 Å². The highest BCUT2D eigenvalue weighted by molar-refractivity contribution is 8.18. The van der Waals surface area contributed by atoms with Gasteiger partial charge in [0.15, 0.2) is 11.6 Å². The SMILES string of the molecule is CCSC(SCC)C(=O)c1c(F)c(F)cn1[C@H](C)c1ccccc1. The molecule has 2 aromatic rings. The highest BCUT2D eigenvalue weighted by Gasteiger charge is 2.30. The monoisotopic (exact) mass is 369 g/mol. The van der Waals surface area contributed by atoms with Gasteiger partial charge in [-0.15, -0.1) is 23.5 Å². The van der Waals surface area contributed by atoms with Gasteiger partial charge < -0.3 is 4.57 Å². The molecule has 24 heavy (non-hydrogen) atoms. The van der Waals surface area contributed by atoms with Crippen molar-refractivity contribution < 1.29 is 13.6 Å². The van der Waals surface area contributed by atoms with Crippen molar-refractivity contribution in [1.29, 1.82) is 0 Å². The minimum absolute atomic E-state index is 0.171. The van der Waals surface area contributed by atoms with Gasteiger partial charge in [0.05, 0.1) is 6.04 Å². The molecule has 2 nitrogen and oxygen atoms in total. The largest absolute Gasteiger partial charge is 0.332 e. The van der Waals surface area contributed by atoms with E-state index in [0.717, 1.165) is 23.3 Å². The lowest BCUT2D eigenvalue weighted by atomic mass is 10.1. The summed E-state index contributed by atoms with van der Waals surface area (Å²) in [6.07, 6.45) is 1.09. The van der Waals surface area contributed by atoms with Gasteiger partial charge in [-0.1, -0.05) is 44.2 Å². The molecule has 6 heteroatoms. The Morgan fingerprint density at radius 2 is 1.71 bits per heavy atom. The van der Waals surface area contributed by atoms with Gasteiger partial charge in [0.25, 0.3) is 0 Å². The van der Waals surface area contributed by atoms with Gasteiger partial charge in [0.1, 0.15) is 10.3 Å². The van der Waals surface area contributed by atoms with Gasteiger partial charge in [-0.25, -0.2) is 8.78 Å². The molecule has 0 unspecified atom stereocenters. The molecule has 0 aliphatic heterocycles. The molecule has 2 rings (SSSR count). The van der Waals surface area contributed by atoms with Crippen LogP contribution in [-0.2, 0) is 0 Å². The van der Waals surface area contributed by atoms with Crippen LogP contribution >= 0.6 is 23.5 Å². The molecule has 0 saturated carbocycles. The lowest BCUT2D eigenvalue weighted by Gasteiger charge is -2.20. The Balaban J connectivity index is 2.44. The van der Waals surface area contributed by atoms with Crippen molar-refractivity contribution in [3.8, 4) is 0 Å².